The Morgan fingerprint density at radius 2 is 2.00 bits per heavy atom. The molecule has 0 saturated heterocycles. The van der Waals surface area contributed by atoms with Crippen LogP contribution in [0.4, 0.5) is 0 Å². The summed E-state index contributed by atoms with van der Waals surface area (Å²) in [5.41, 5.74) is 0.00736. The predicted octanol–water partition coefficient (Wildman–Crippen LogP) is 0.990. The maximum Gasteiger partial charge on any atom is 0.180 e. The van der Waals surface area contributed by atoms with Gasteiger partial charge in [0.15, 0.2) is 5.82 Å². The predicted molar refractivity (Wildman–Crippen MR) is 42.2 cm³/mol. The minimum Gasteiger partial charge on any atom is -0.164 e. The second kappa shape index (κ2) is 2.60. The molecule has 4 nitrogen and oxygen atoms in total. The SMILES string of the molecule is CCn1nnc(C(C)(C)C)n1. The minimum absolute atomic E-state index is 0.00736. The van der Waals surface area contributed by atoms with Crippen molar-refractivity contribution < 1.29 is 0 Å². The highest BCUT2D eigenvalue weighted by Gasteiger charge is 2.19. The van der Waals surface area contributed by atoms with Gasteiger partial charge < -0.3 is 0 Å². The van der Waals surface area contributed by atoms with Crippen molar-refractivity contribution >= 4 is 0 Å². The third kappa shape index (κ3) is 1.76. The minimum atomic E-state index is 0.00736. The number of hydrogen-bond donors (Lipinski definition) is 0. The van der Waals surface area contributed by atoms with Crippen molar-refractivity contribution in [3.05, 3.63) is 5.82 Å². The van der Waals surface area contributed by atoms with Crippen LogP contribution in [0.3, 0.4) is 0 Å². The van der Waals surface area contributed by atoms with Gasteiger partial charge in [-0.15, -0.1) is 10.2 Å². The summed E-state index contributed by atoms with van der Waals surface area (Å²) in [4.78, 5) is 1.60. The Morgan fingerprint density at radius 1 is 1.36 bits per heavy atom. The molecular formula is C7H14N4. The largest absolute Gasteiger partial charge is 0.180 e. The van der Waals surface area contributed by atoms with Crippen LogP contribution in [0.5, 0.6) is 0 Å². The van der Waals surface area contributed by atoms with Gasteiger partial charge in [-0.25, -0.2) is 0 Å². The monoisotopic (exact) mass is 154 g/mol. The van der Waals surface area contributed by atoms with Gasteiger partial charge in [0.05, 0.1) is 6.54 Å². The molecule has 0 aliphatic rings. The fourth-order valence-electron chi connectivity index (χ4n) is 0.677. The van der Waals surface area contributed by atoms with Crippen molar-refractivity contribution in [3.8, 4) is 0 Å². The van der Waals surface area contributed by atoms with E-state index in [4.69, 9.17) is 0 Å². The number of nitrogens with zero attached hydrogens (tertiary/aromatic N) is 4. The highest BCUT2D eigenvalue weighted by Crippen LogP contribution is 2.15. The molecule has 0 atom stereocenters. The second-order valence-corrected chi connectivity index (χ2v) is 3.55. The van der Waals surface area contributed by atoms with Gasteiger partial charge in [0.1, 0.15) is 0 Å². The quantitative estimate of drug-likeness (QED) is 0.606. The molecule has 0 radical (unpaired) electrons. The molecule has 4 heteroatoms. The Bertz CT molecular complexity index is 233. The molecule has 1 aromatic rings. The first-order valence-electron chi connectivity index (χ1n) is 3.82. The summed E-state index contributed by atoms with van der Waals surface area (Å²) >= 11 is 0. The van der Waals surface area contributed by atoms with Gasteiger partial charge in [-0.05, 0) is 12.1 Å². The zero-order chi connectivity index (χ0) is 8.48. The van der Waals surface area contributed by atoms with Crippen LogP contribution in [0.1, 0.15) is 33.5 Å². The Morgan fingerprint density at radius 3 is 2.27 bits per heavy atom. The van der Waals surface area contributed by atoms with Gasteiger partial charge in [-0.3, -0.25) is 0 Å². The lowest BCUT2D eigenvalue weighted by molar-refractivity contribution is 0.520. The lowest BCUT2D eigenvalue weighted by atomic mass is 9.96. The van der Waals surface area contributed by atoms with Crippen LogP contribution in [0.15, 0.2) is 0 Å². The Hall–Kier alpha value is -0.930. The summed E-state index contributed by atoms with van der Waals surface area (Å²) in [5.74, 6) is 0.805. The summed E-state index contributed by atoms with van der Waals surface area (Å²) in [6, 6.07) is 0. The van der Waals surface area contributed by atoms with E-state index in [0.29, 0.717) is 0 Å². The van der Waals surface area contributed by atoms with E-state index in [9.17, 15) is 0 Å². The zero-order valence-corrected chi connectivity index (χ0v) is 7.50. The van der Waals surface area contributed by atoms with Crippen LogP contribution < -0.4 is 0 Å². The van der Waals surface area contributed by atoms with E-state index < -0.39 is 0 Å². The number of tetrazole rings is 1. The number of aryl methyl sites for hydroxylation is 1. The maximum atomic E-state index is 4.19. The van der Waals surface area contributed by atoms with E-state index in [1.54, 1.807) is 4.80 Å². The van der Waals surface area contributed by atoms with Crippen molar-refractivity contribution in [2.24, 2.45) is 0 Å². The third-order valence-corrected chi connectivity index (χ3v) is 1.41. The Kier molecular flexibility index (Phi) is 1.93. The molecule has 0 unspecified atom stereocenters. The van der Waals surface area contributed by atoms with Crippen LogP contribution in [0.2, 0.25) is 0 Å². The molecule has 0 saturated carbocycles. The molecule has 1 rings (SSSR count). The van der Waals surface area contributed by atoms with Crippen molar-refractivity contribution in [1.82, 2.24) is 20.2 Å². The summed E-state index contributed by atoms with van der Waals surface area (Å²) in [5, 5.41) is 12.0. The number of hydrogen-bond acceptors (Lipinski definition) is 3. The maximum absolute atomic E-state index is 4.19. The lowest BCUT2D eigenvalue weighted by Gasteiger charge is -2.10. The van der Waals surface area contributed by atoms with Gasteiger partial charge in [-0.2, -0.15) is 4.80 Å². The van der Waals surface area contributed by atoms with Crippen LogP contribution in [0.25, 0.3) is 0 Å². The van der Waals surface area contributed by atoms with E-state index in [-0.39, 0.29) is 5.41 Å². The van der Waals surface area contributed by atoms with Crippen molar-refractivity contribution in [2.75, 3.05) is 0 Å². The topological polar surface area (TPSA) is 43.6 Å². The van der Waals surface area contributed by atoms with Gasteiger partial charge in [0, 0.05) is 5.41 Å². The van der Waals surface area contributed by atoms with Gasteiger partial charge in [0.25, 0.3) is 0 Å². The van der Waals surface area contributed by atoms with Crippen molar-refractivity contribution in [1.29, 1.82) is 0 Å². The first-order chi connectivity index (χ1) is 5.04. The van der Waals surface area contributed by atoms with Crippen molar-refractivity contribution in [2.45, 2.75) is 39.7 Å². The summed E-state index contributed by atoms with van der Waals surface area (Å²) in [6.07, 6.45) is 0. The summed E-state index contributed by atoms with van der Waals surface area (Å²) in [6.45, 7) is 9.00. The van der Waals surface area contributed by atoms with Crippen LogP contribution in [-0.2, 0) is 12.0 Å². The highest BCUT2D eigenvalue weighted by molar-refractivity contribution is 4.95. The van der Waals surface area contributed by atoms with Crippen LogP contribution >= 0.6 is 0 Å². The first kappa shape index (κ1) is 8.17. The standard InChI is InChI=1S/C7H14N4/c1-5-11-9-6(8-10-11)7(2,3)4/h5H2,1-4H3. The molecule has 0 aliphatic heterocycles. The first-order valence-corrected chi connectivity index (χ1v) is 3.82. The zero-order valence-electron chi connectivity index (χ0n) is 7.50. The highest BCUT2D eigenvalue weighted by atomic mass is 15.6. The molecule has 0 fully saturated rings. The molecular weight excluding hydrogens is 140 g/mol. The smallest absolute Gasteiger partial charge is 0.164 e. The van der Waals surface area contributed by atoms with Gasteiger partial charge >= 0.3 is 0 Å². The molecule has 62 valence electrons. The van der Waals surface area contributed by atoms with E-state index in [1.807, 2.05) is 6.92 Å². The molecule has 0 bridgehead atoms. The van der Waals surface area contributed by atoms with Gasteiger partial charge in [-0.1, -0.05) is 20.8 Å². The molecule has 0 aliphatic carbocycles. The molecule has 0 N–H and O–H groups in total. The normalized spacial score (nSPS) is 12.0. The van der Waals surface area contributed by atoms with Crippen molar-refractivity contribution in [3.63, 3.8) is 0 Å². The van der Waals surface area contributed by atoms with Crippen LogP contribution in [0, 0.1) is 0 Å². The Labute approximate surface area is 66.6 Å². The molecule has 1 aromatic heterocycles. The van der Waals surface area contributed by atoms with E-state index in [1.165, 1.54) is 0 Å². The average Bonchev–Trinajstić information content (AvgIpc) is 2.32. The van der Waals surface area contributed by atoms with Crippen LogP contribution in [-0.4, -0.2) is 20.2 Å². The summed E-state index contributed by atoms with van der Waals surface area (Å²) in [7, 11) is 0. The Balaban J connectivity index is 2.89. The average molecular weight is 154 g/mol. The second-order valence-electron chi connectivity index (χ2n) is 3.55. The number of rotatable bonds is 1. The molecule has 0 amide bonds. The van der Waals surface area contributed by atoms with E-state index in [0.717, 1.165) is 12.4 Å². The third-order valence-electron chi connectivity index (χ3n) is 1.41. The fourth-order valence-corrected chi connectivity index (χ4v) is 0.677. The van der Waals surface area contributed by atoms with Gasteiger partial charge in [0.2, 0.25) is 0 Å². The lowest BCUT2D eigenvalue weighted by Crippen LogP contribution is -2.14. The number of aromatic nitrogens is 4. The molecule has 1 heterocycles. The van der Waals surface area contributed by atoms with E-state index in [2.05, 4.69) is 36.2 Å². The molecule has 11 heavy (non-hydrogen) atoms. The molecule has 0 spiro atoms. The molecule has 0 aromatic carbocycles. The summed E-state index contributed by atoms with van der Waals surface area (Å²) < 4.78 is 0. The fraction of sp³-hybridized carbons (Fsp3) is 0.857. The van der Waals surface area contributed by atoms with E-state index >= 15 is 0 Å².